The van der Waals surface area contributed by atoms with Gasteiger partial charge in [0.2, 0.25) is 17.6 Å². The second kappa shape index (κ2) is 9.41. The maximum Gasteiger partial charge on any atom is 0.246 e. The summed E-state index contributed by atoms with van der Waals surface area (Å²) in [5.74, 6) is 1.01. The minimum atomic E-state index is 0.0140. The number of benzene rings is 2. The smallest absolute Gasteiger partial charge is 0.246 e. The fourth-order valence-corrected chi connectivity index (χ4v) is 3.91. The van der Waals surface area contributed by atoms with Crippen LogP contribution in [-0.4, -0.2) is 34.0 Å². The van der Waals surface area contributed by atoms with Gasteiger partial charge in [0, 0.05) is 23.0 Å². The zero-order chi connectivity index (χ0) is 20.9. The van der Waals surface area contributed by atoms with E-state index in [1.165, 1.54) is 11.1 Å². The number of hydrogen-bond acceptors (Lipinski definition) is 5. The zero-order valence-electron chi connectivity index (χ0n) is 17.0. The Bertz CT molecular complexity index is 994. The van der Waals surface area contributed by atoms with Gasteiger partial charge in [-0.15, -0.1) is 0 Å². The van der Waals surface area contributed by atoms with Crippen LogP contribution in [0.3, 0.4) is 0 Å². The maximum atomic E-state index is 12.6. The Labute approximate surface area is 181 Å². The number of carbonyl (C=O) groups is 1. The van der Waals surface area contributed by atoms with Crippen molar-refractivity contribution in [3.8, 4) is 11.4 Å². The molecular formula is C23H25ClN4O2. The molecule has 0 aliphatic carbocycles. The molecule has 1 saturated heterocycles. The number of nitrogens with one attached hydrogen (secondary N) is 1. The summed E-state index contributed by atoms with van der Waals surface area (Å²) in [6.07, 6.45) is 1.68. The number of aryl methyl sites for hydroxylation is 1. The van der Waals surface area contributed by atoms with Gasteiger partial charge >= 0.3 is 0 Å². The molecule has 1 aromatic heterocycles. The van der Waals surface area contributed by atoms with Gasteiger partial charge in [-0.2, -0.15) is 4.98 Å². The van der Waals surface area contributed by atoms with E-state index in [-0.39, 0.29) is 18.4 Å². The molecule has 1 aliphatic heterocycles. The highest BCUT2D eigenvalue weighted by molar-refractivity contribution is 6.30. The Morgan fingerprint density at radius 1 is 1.20 bits per heavy atom. The minimum absolute atomic E-state index is 0.0140. The summed E-state index contributed by atoms with van der Waals surface area (Å²) < 4.78 is 5.29. The summed E-state index contributed by atoms with van der Waals surface area (Å²) >= 11 is 6.07. The zero-order valence-corrected chi connectivity index (χ0v) is 17.7. The number of amides is 1. The van der Waals surface area contributed by atoms with E-state index in [0.29, 0.717) is 11.7 Å². The van der Waals surface area contributed by atoms with Gasteiger partial charge in [-0.1, -0.05) is 58.7 Å². The van der Waals surface area contributed by atoms with E-state index in [1.807, 2.05) is 49.4 Å². The van der Waals surface area contributed by atoms with Crippen molar-refractivity contribution in [2.24, 2.45) is 5.92 Å². The van der Waals surface area contributed by atoms with Crippen molar-refractivity contribution < 1.29 is 9.32 Å². The van der Waals surface area contributed by atoms with Crippen LogP contribution < -0.4 is 5.32 Å². The molecule has 0 unspecified atom stereocenters. The summed E-state index contributed by atoms with van der Waals surface area (Å²) in [5.41, 5.74) is 3.27. The molecule has 2 aromatic carbocycles. The highest BCUT2D eigenvalue weighted by atomic mass is 35.5. The van der Waals surface area contributed by atoms with E-state index >= 15 is 0 Å². The van der Waals surface area contributed by atoms with Crippen molar-refractivity contribution in [1.29, 1.82) is 0 Å². The van der Waals surface area contributed by atoms with Crippen LogP contribution in [-0.2, 0) is 17.9 Å². The molecule has 0 saturated carbocycles. The molecule has 7 heteroatoms. The van der Waals surface area contributed by atoms with Crippen molar-refractivity contribution >= 4 is 17.5 Å². The Morgan fingerprint density at radius 3 is 2.70 bits per heavy atom. The molecular weight excluding hydrogens is 400 g/mol. The van der Waals surface area contributed by atoms with Gasteiger partial charge < -0.3 is 9.84 Å². The average molecular weight is 425 g/mol. The number of hydrogen-bond donors (Lipinski definition) is 1. The van der Waals surface area contributed by atoms with E-state index in [9.17, 15) is 4.79 Å². The Kier molecular flexibility index (Phi) is 6.45. The first-order valence-electron chi connectivity index (χ1n) is 10.2. The average Bonchev–Trinajstić information content (AvgIpc) is 3.22. The highest BCUT2D eigenvalue weighted by Gasteiger charge is 2.25. The van der Waals surface area contributed by atoms with Gasteiger partial charge in [0.1, 0.15) is 0 Å². The third-order valence-corrected chi connectivity index (χ3v) is 5.68. The summed E-state index contributed by atoms with van der Waals surface area (Å²) in [7, 11) is 0. The molecule has 1 fully saturated rings. The minimum Gasteiger partial charge on any atom is -0.347 e. The number of likely N-dealkylation sites (tertiary alicyclic amines) is 1. The number of aromatic nitrogens is 2. The second-order valence-corrected chi connectivity index (χ2v) is 8.21. The van der Waals surface area contributed by atoms with E-state index in [0.717, 1.165) is 43.1 Å². The van der Waals surface area contributed by atoms with Crippen LogP contribution in [0.2, 0.25) is 5.02 Å². The monoisotopic (exact) mass is 424 g/mol. The van der Waals surface area contributed by atoms with Crippen LogP contribution in [0.4, 0.5) is 0 Å². The Hall–Kier alpha value is -2.70. The van der Waals surface area contributed by atoms with Crippen molar-refractivity contribution in [3.05, 3.63) is 70.6 Å². The lowest BCUT2D eigenvalue weighted by Crippen LogP contribution is -2.40. The summed E-state index contributed by atoms with van der Waals surface area (Å²) in [6.45, 7) is 4.92. The molecule has 0 radical (unpaired) electrons. The molecule has 1 amide bonds. The lowest BCUT2D eigenvalue weighted by molar-refractivity contribution is -0.126. The Balaban J connectivity index is 1.24. The van der Waals surface area contributed by atoms with Gasteiger partial charge in [-0.25, -0.2) is 0 Å². The normalized spacial score (nSPS) is 15.3. The number of piperidine rings is 1. The number of halogens is 1. The number of nitrogens with zero attached hydrogens (tertiary/aromatic N) is 3. The quantitative estimate of drug-likeness (QED) is 0.641. The summed E-state index contributed by atoms with van der Waals surface area (Å²) in [4.78, 5) is 19.3. The molecule has 0 bridgehead atoms. The predicted molar refractivity (Wildman–Crippen MR) is 116 cm³/mol. The maximum absolute atomic E-state index is 12.6. The lowest BCUT2D eigenvalue weighted by Gasteiger charge is -2.31. The third kappa shape index (κ3) is 5.26. The SMILES string of the molecule is Cc1ccc(-c2noc(CNC(=O)C3CCN(Cc4cccc(Cl)c4)CC3)n2)cc1. The summed E-state index contributed by atoms with van der Waals surface area (Å²) in [5, 5.41) is 7.71. The van der Waals surface area contributed by atoms with E-state index in [2.05, 4.69) is 26.4 Å². The standard InChI is InChI=1S/C23H25ClN4O2/c1-16-5-7-18(8-6-16)22-26-21(30-27-22)14-25-23(29)19-9-11-28(12-10-19)15-17-3-2-4-20(24)13-17/h2-8,13,19H,9-12,14-15H2,1H3,(H,25,29). The molecule has 2 heterocycles. The van der Waals surface area contributed by atoms with Crippen LogP contribution in [0.5, 0.6) is 0 Å². The first kappa shape index (κ1) is 20.6. The second-order valence-electron chi connectivity index (χ2n) is 7.78. The van der Waals surface area contributed by atoms with E-state index < -0.39 is 0 Å². The topological polar surface area (TPSA) is 71.3 Å². The molecule has 30 heavy (non-hydrogen) atoms. The van der Waals surface area contributed by atoms with Gasteiger partial charge in [0.25, 0.3) is 0 Å². The van der Waals surface area contributed by atoms with Crippen LogP contribution in [0.1, 0.15) is 29.9 Å². The van der Waals surface area contributed by atoms with Crippen molar-refractivity contribution in [1.82, 2.24) is 20.4 Å². The number of carbonyl (C=O) groups excluding carboxylic acids is 1. The Morgan fingerprint density at radius 2 is 1.97 bits per heavy atom. The summed E-state index contributed by atoms with van der Waals surface area (Å²) in [6, 6.07) is 15.9. The molecule has 1 N–H and O–H groups in total. The van der Waals surface area contributed by atoms with E-state index in [1.54, 1.807) is 0 Å². The van der Waals surface area contributed by atoms with Gasteiger partial charge in [0.15, 0.2) is 0 Å². The molecule has 1 aliphatic rings. The largest absolute Gasteiger partial charge is 0.347 e. The molecule has 0 spiro atoms. The van der Waals surface area contributed by atoms with Crippen molar-refractivity contribution in [2.45, 2.75) is 32.9 Å². The highest BCUT2D eigenvalue weighted by Crippen LogP contribution is 2.21. The van der Waals surface area contributed by atoms with Crippen LogP contribution >= 0.6 is 11.6 Å². The fourth-order valence-electron chi connectivity index (χ4n) is 3.70. The van der Waals surface area contributed by atoms with Gasteiger partial charge in [0.05, 0.1) is 6.54 Å². The fraction of sp³-hybridized carbons (Fsp3) is 0.348. The number of rotatable bonds is 6. The molecule has 0 atom stereocenters. The first-order chi connectivity index (χ1) is 14.6. The molecule has 6 nitrogen and oxygen atoms in total. The lowest BCUT2D eigenvalue weighted by atomic mass is 9.95. The predicted octanol–water partition coefficient (Wildman–Crippen LogP) is 4.23. The molecule has 4 rings (SSSR count). The first-order valence-corrected chi connectivity index (χ1v) is 10.6. The van der Waals surface area contributed by atoms with Crippen LogP contribution in [0.25, 0.3) is 11.4 Å². The molecule has 3 aromatic rings. The van der Waals surface area contributed by atoms with E-state index in [4.69, 9.17) is 16.1 Å². The van der Waals surface area contributed by atoms with Crippen molar-refractivity contribution in [2.75, 3.05) is 13.1 Å². The third-order valence-electron chi connectivity index (χ3n) is 5.45. The van der Waals surface area contributed by atoms with Crippen molar-refractivity contribution in [3.63, 3.8) is 0 Å². The molecule has 156 valence electrons. The van der Waals surface area contributed by atoms with Gasteiger partial charge in [-0.05, 0) is 50.6 Å². The van der Waals surface area contributed by atoms with Crippen LogP contribution in [0.15, 0.2) is 53.1 Å². The van der Waals surface area contributed by atoms with Gasteiger partial charge in [-0.3, -0.25) is 9.69 Å². The van der Waals surface area contributed by atoms with Crippen LogP contribution in [0, 0.1) is 12.8 Å².